The van der Waals surface area contributed by atoms with Crippen LogP contribution in [0, 0.1) is 10.1 Å². The number of phenolic OH excluding ortho intramolecular Hbond substituents is 1. The van der Waals surface area contributed by atoms with Gasteiger partial charge in [0.2, 0.25) is 0 Å². The summed E-state index contributed by atoms with van der Waals surface area (Å²) in [5, 5.41) is 20.0. The van der Waals surface area contributed by atoms with Crippen LogP contribution < -0.4 is 0 Å². The third-order valence-electron chi connectivity index (χ3n) is 4.06. The molecule has 1 heterocycles. The standard InChI is InChI=1S/C19H16N2O5S/c22-16-9-8-14(11-15(16)21(25)26)12-17-18(23)20(19(24)27-17)10-4-7-13-5-2-1-3-6-13/h1-3,5-6,8-9,11-12,22H,4,7,10H2/b17-12-. The first-order chi connectivity index (χ1) is 13.0. The van der Waals surface area contributed by atoms with E-state index in [0.717, 1.165) is 23.7 Å². The van der Waals surface area contributed by atoms with Gasteiger partial charge < -0.3 is 5.11 Å². The highest BCUT2D eigenvalue weighted by Crippen LogP contribution is 2.34. The number of amides is 2. The average molecular weight is 384 g/mol. The maximum Gasteiger partial charge on any atom is 0.311 e. The summed E-state index contributed by atoms with van der Waals surface area (Å²) in [5.41, 5.74) is 1.05. The summed E-state index contributed by atoms with van der Waals surface area (Å²) in [6.07, 6.45) is 2.83. The second kappa shape index (κ2) is 8.05. The Morgan fingerprint density at radius 1 is 1.15 bits per heavy atom. The van der Waals surface area contributed by atoms with Gasteiger partial charge in [0, 0.05) is 12.6 Å². The minimum absolute atomic E-state index is 0.208. The Morgan fingerprint density at radius 2 is 1.89 bits per heavy atom. The van der Waals surface area contributed by atoms with E-state index in [1.54, 1.807) is 0 Å². The highest BCUT2D eigenvalue weighted by atomic mass is 32.2. The van der Waals surface area contributed by atoms with E-state index < -0.39 is 22.3 Å². The lowest BCUT2D eigenvalue weighted by Gasteiger charge is -2.12. The molecule has 2 aromatic rings. The number of nitrogens with zero attached hydrogens (tertiary/aromatic N) is 2. The van der Waals surface area contributed by atoms with Gasteiger partial charge >= 0.3 is 5.69 Å². The molecule has 0 aromatic heterocycles. The maximum absolute atomic E-state index is 12.5. The number of nitro groups is 1. The molecule has 0 radical (unpaired) electrons. The van der Waals surface area contributed by atoms with Crippen molar-refractivity contribution in [3.05, 3.63) is 74.7 Å². The fraction of sp³-hybridized carbons (Fsp3) is 0.158. The molecule has 2 amide bonds. The lowest BCUT2D eigenvalue weighted by molar-refractivity contribution is -0.385. The zero-order valence-electron chi connectivity index (χ0n) is 14.2. The third kappa shape index (κ3) is 4.35. The molecule has 1 N–H and O–H groups in total. The van der Waals surface area contributed by atoms with Crippen LogP contribution in [0.2, 0.25) is 0 Å². The molecule has 27 heavy (non-hydrogen) atoms. The third-order valence-corrected chi connectivity index (χ3v) is 4.96. The molecule has 0 unspecified atom stereocenters. The van der Waals surface area contributed by atoms with Crippen molar-refractivity contribution in [3.63, 3.8) is 0 Å². The normalized spacial score (nSPS) is 15.6. The van der Waals surface area contributed by atoms with E-state index in [9.17, 15) is 24.8 Å². The molecular formula is C19H16N2O5S. The van der Waals surface area contributed by atoms with Gasteiger partial charge in [0.25, 0.3) is 11.1 Å². The van der Waals surface area contributed by atoms with Crippen molar-refractivity contribution >= 4 is 34.7 Å². The first-order valence-electron chi connectivity index (χ1n) is 8.22. The quantitative estimate of drug-likeness (QED) is 0.459. The summed E-state index contributed by atoms with van der Waals surface area (Å²) >= 11 is 0.808. The van der Waals surface area contributed by atoms with Crippen LogP contribution in [0.1, 0.15) is 17.5 Å². The molecule has 1 saturated heterocycles. The van der Waals surface area contributed by atoms with Gasteiger partial charge in [-0.3, -0.25) is 24.6 Å². The number of carbonyl (C=O) groups excluding carboxylic acids is 2. The van der Waals surface area contributed by atoms with Crippen molar-refractivity contribution < 1.29 is 19.6 Å². The Morgan fingerprint density at radius 3 is 2.59 bits per heavy atom. The largest absolute Gasteiger partial charge is 0.502 e. The maximum atomic E-state index is 12.5. The van der Waals surface area contributed by atoms with Crippen LogP contribution in [-0.2, 0) is 11.2 Å². The minimum Gasteiger partial charge on any atom is -0.502 e. The smallest absolute Gasteiger partial charge is 0.311 e. The van der Waals surface area contributed by atoms with E-state index in [0.29, 0.717) is 18.5 Å². The average Bonchev–Trinajstić information content (AvgIpc) is 2.91. The molecule has 0 spiro atoms. The summed E-state index contributed by atoms with van der Waals surface area (Å²) in [6.45, 7) is 0.312. The predicted octanol–water partition coefficient (Wildman–Crippen LogP) is 3.97. The first-order valence-corrected chi connectivity index (χ1v) is 9.04. The lowest BCUT2D eigenvalue weighted by atomic mass is 10.1. The van der Waals surface area contributed by atoms with Crippen LogP contribution in [0.4, 0.5) is 10.5 Å². The van der Waals surface area contributed by atoms with Crippen LogP contribution in [0.3, 0.4) is 0 Å². The molecule has 0 saturated carbocycles. The van der Waals surface area contributed by atoms with Crippen molar-refractivity contribution in [1.82, 2.24) is 4.90 Å². The Hall–Kier alpha value is -3.13. The van der Waals surface area contributed by atoms with Crippen molar-refractivity contribution in [2.45, 2.75) is 12.8 Å². The van der Waals surface area contributed by atoms with Crippen molar-refractivity contribution in [3.8, 4) is 5.75 Å². The highest BCUT2D eigenvalue weighted by Gasteiger charge is 2.34. The minimum atomic E-state index is -0.706. The van der Waals surface area contributed by atoms with E-state index >= 15 is 0 Å². The summed E-state index contributed by atoms with van der Waals surface area (Å²) in [6, 6.07) is 13.6. The van der Waals surface area contributed by atoms with Crippen molar-refractivity contribution in [2.75, 3.05) is 6.54 Å². The SMILES string of the molecule is O=C1S/C(=C\c2ccc(O)c([N+](=O)[O-])c2)C(=O)N1CCCc1ccccc1. The topological polar surface area (TPSA) is 101 Å². The van der Waals surface area contributed by atoms with Gasteiger partial charge in [-0.1, -0.05) is 36.4 Å². The predicted molar refractivity (Wildman–Crippen MR) is 102 cm³/mol. The molecule has 138 valence electrons. The Balaban J connectivity index is 1.69. The number of hydrogen-bond acceptors (Lipinski definition) is 6. The molecule has 1 aliphatic rings. The molecule has 0 aliphatic carbocycles. The number of imide groups is 1. The molecule has 0 atom stereocenters. The van der Waals surface area contributed by atoms with Gasteiger partial charge in [0.05, 0.1) is 9.83 Å². The van der Waals surface area contributed by atoms with Crippen molar-refractivity contribution in [1.29, 1.82) is 0 Å². The summed E-state index contributed by atoms with van der Waals surface area (Å²) in [5.74, 6) is -0.861. The fourth-order valence-corrected chi connectivity index (χ4v) is 3.57. The molecule has 1 fully saturated rings. The molecule has 8 heteroatoms. The molecule has 7 nitrogen and oxygen atoms in total. The number of benzene rings is 2. The van der Waals surface area contributed by atoms with Gasteiger partial charge in [-0.15, -0.1) is 0 Å². The number of carbonyl (C=O) groups is 2. The molecule has 2 aromatic carbocycles. The van der Waals surface area contributed by atoms with Gasteiger partial charge in [-0.25, -0.2) is 0 Å². The zero-order chi connectivity index (χ0) is 19.4. The van der Waals surface area contributed by atoms with Gasteiger partial charge in [0.1, 0.15) is 0 Å². The van der Waals surface area contributed by atoms with Crippen molar-refractivity contribution in [2.24, 2.45) is 0 Å². The number of aromatic hydroxyl groups is 1. The molecule has 0 bridgehead atoms. The highest BCUT2D eigenvalue weighted by molar-refractivity contribution is 8.18. The van der Waals surface area contributed by atoms with E-state index in [1.807, 2.05) is 30.3 Å². The summed E-state index contributed by atoms with van der Waals surface area (Å²) in [4.78, 5) is 36.2. The zero-order valence-corrected chi connectivity index (χ0v) is 15.0. The lowest BCUT2D eigenvalue weighted by Crippen LogP contribution is -2.29. The second-order valence-corrected chi connectivity index (χ2v) is 6.92. The summed E-state index contributed by atoms with van der Waals surface area (Å²) in [7, 11) is 0. The molecule has 1 aliphatic heterocycles. The van der Waals surface area contributed by atoms with Gasteiger partial charge in [-0.2, -0.15) is 0 Å². The Labute approximate surface area is 159 Å². The molecular weight excluding hydrogens is 368 g/mol. The first kappa shape index (κ1) is 18.7. The van der Waals surface area contributed by atoms with Crippen LogP contribution in [0.25, 0.3) is 6.08 Å². The number of phenols is 1. The Kier molecular flexibility index (Phi) is 5.56. The van der Waals surface area contributed by atoms with Crippen LogP contribution in [0.5, 0.6) is 5.75 Å². The van der Waals surface area contributed by atoms with Crippen LogP contribution in [0.15, 0.2) is 53.4 Å². The van der Waals surface area contributed by atoms with Crippen LogP contribution in [-0.4, -0.2) is 32.6 Å². The van der Waals surface area contributed by atoms with Gasteiger partial charge in [-0.05, 0) is 47.9 Å². The van der Waals surface area contributed by atoms with Crippen LogP contribution >= 0.6 is 11.8 Å². The van der Waals surface area contributed by atoms with E-state index in [4.69, 9.17) is 0 Å². The van der Waals surface area contributed by atoms with E-state index in [-0.39, 0.29) is 10.1 Å². The van der Waals surface area contributed by atoms with E-state index in [1.165, 1.54) is 29.2 Å². The number of rotatable bonds is 6. The number of aryl methyl sites for hydroxylation is 1. The number of nitro benzene ring substituents is 1. The fourth-order valence-electron chi connectivity index (χ4n) is 2.71. The Bertz CT molecular complexity index is 927. The molecule has 3 rings (SSSR count). The van der Waals surface area contributed by atoms with E-state index in [2.05, 4.69) is 0 Å². The number of hydrogen-bond donors (Lipinski definition) is 1. The number of thioether (sulfide) groups is 1. The summed E-state index contributed by atoms with van der Waals surface area (Å²) < 4.78 is 0. The van der Waals surface area contributed by atoms with Gasteiger partial charge in [0.15, 0.2) is 5.75 Å². The second-order valence-electron chi connectivity index (χ2n) is 5.93. The monoisotopic (exact) mass is 384 g/mol.